The van der Waals surface area contributed by atoms with Gasteiger partial charge in [-0.15, -0.1) is 0 Å². The smallest absolute Gasteiger partial charge is 0.408 e. The molecule has 39 heavy (non-hydrogen) atoms. The van der Waals surface area contributed by atoms with Crippen LogP contribution >= 0.6 is 0 Å². The number of carbonyl (C=O) groups is 3. The minimum atomic E-state index is -1.31. The number of benzene rings is 2. The quantitative estimate of drug-likeness (QED) is 0.362. The van der Waals surface area contributed by atoms with Crippen molar-refractivity contribution in [3.05, 3.63) is 65.2 Å². The van der Waals surface area contributed by atoms with E-state index in [4.69, 9.17) is 4.74 Å². The summed E-state index contributed by atoms with van der Waals surface area (Å²) in [5, 5.41) is 26.2. The van der Waals surface area contributed by atoms with Gasteiger partial charge in [0.05, 0.1) is 6.07 Å². The van der Waals surface area contributed by atoms with Crippen LogP contribution in [0.15, 0.2) is 48.5 Å². The van der Waals surface area contributed by atoms with Crippen LogP contribution in [-0.2, 0) is 20.7 Å². The number of amides is 3. The molecule has 0 spiro atoms. The van der Waals surface area contributed by atoms with Crippen LogP contribution in [0.2, 0.25) is 0 Å². The number of para-hydroxylation sites is 1. The standard InChI is InChI=1S/C30H40N4O5/c1-7-12-21(3)32-27(36)25(23-16-11-13-20(2)26(23)35)34(18-17-31)28(37)24(19-22-14-9-8-10-15-22)33-29(38)39-30(4,5)6/h8-11,13-16,21,24-25,35H,7,12,18-19H2,1-6H3,(H,32,36)(H,33,38). The zero-order chi connectivity index (χ0) is 29.2. The van der Waals surface area contributed by atoms with E-state index in [1.165, 1.54) is 0 Å². The summed E-state index contributed by atoms with van der Waals surface area (Å²) in [6.07, 6.45) is 0.842. The van der Waals surface area contributed by atoms with Crippen LogP contribution in [0.25, 0.3) is 0 Å². The number of nitrogens with one attached hydrogen (secondary N) is 2. The summed E-state index contributed by atoms with van der Waals surface area (Å²) in [6.45, 7) is 10.2. The lowest BCUT2D eigenvalue weighted by Crippen LogP contribution is -2.54. The SMILES string of the molecule is CCCC(C)NC(=O)C(c1cccc(C)c1O)N(CC#N)C(=O)C(Cc1ccccc1)NC(=O)OC(C)(C)C. The Morgan fingerprint density at radius 3 is 2.33 bits per heavy atom. The first kappa shape index (κ1) is 31.2. The van der Waals surface area contributed by atoms with Crippen molar-refractivity contribution in [3.8, 4) is 11.8 Å². The number of hydrogen-bond donors (Lipinski definition) is 3. The van der Waals surface area contributed by atoms with Gasteiger partial charge in [0.2, 0.25) is 11.8 Å². The minimum Gasteiger partial charge on any atom is -0.507 e. The number of nitrogens with zero attached hydrogens (tertiary/aromatic N) is 2. The van der Waals surface area contributed by atoms with Crippen LogP contribution in [0.3, 0.4) is 0 Å². The summed E-state index contributed by atoms with van der Waals surface area (Å²) in [6, 6.07) is 13.3. The highest BCUT2D eigenvalue weighted by Gasteiger charge is 2.38. The predicted octanol–water partition coefficient (Wildman–Crippen LogP) is 4.53. The Hall–Kier alpha value is -4.06. The normalized spacial score (nSPS) is 13.4. The summed E-state index contributed by atoms with van der Waals surface area (Å²) in [4.78, 5) is 41.6. The number of aryl methyl sites for hydroxylation is 1. The molecule has 0 aliphatic carbocycles. The lowest BCUT2D eigenvalue weighted by atomic mass is 9.97. The van der Waals surface area contributed by atoms with Gasteiger partial charge in [-0.1, -0.05) is 61.9 Å². The topological polar surface area (TPSA) is 132 Å². The van der Waals surface area contributed by atoms with E-state index in [1.807, 2.05) is 50.2 Å². The molecule has 0 aromatic heterocycles. The van der Waals surface area contributed by atoms with E-state index in [2.05, 4.69) is 10.6 Å². The number of rotatable bonds is 11. The highest BCUT2D eigenvalue weighted by Crippen LogP contribution is 2.32. The molecular weight excluding hydrogens is 496 g/mol. The number of hydrogen-bond acceptors (Lipinski definition) is 6. The summed E-state index contributed by atoms with van der Waals surface area (Å²) >= 11 is 0. The summed E-state index contributed by atoms with van der Waals surface area (Å²) in [7, 11) is 0. The lowest BCUT2D eigenvalue weighted by Gasteiger charge is -2.34. The van der Waals surface area contributed by atoms with Crippen molar-refractivity contribution in [1.29, 1.82) is 5.26 Å². The van der Waals surface area contributed by atoms with Crippen molar-refractivity contribution < 1.29 is 24.2 Å². The highest BCUT2D eigenvalue weighted by molar-refractivity contribution is 5.93. The van der Waals surface area contributed by atoms with Crippen molar-refractivity contribution in [2.45, 2.75) is 84.5 Å². The number of phenols is 1. The molecule has 0 bridgehead atoms. The Morgan fingerprint density at radius 2 is 1.74 bits per heavy atom. The molecule has 2 rings (SSSR count). The second-order valence-corrected chi connectivity index (χ2v) is 10.6. The second-order valence-electron chi connectivity index (χ2n) is 10.6. The number of alkyl carbamates (subject to hydrolysis) is 1. The monoisotopic (exact) mass is 536 g/mol. The second kappa shape index (κ2) is 14.2. The largest absolute Gasteiger partial charge is 0.507 e. The van der Waals surface area contributed by atoms with Crippen molar-refractivity contribution >= 4 is 17.9 Å². The van der Waals surface area contributed by atoms with Gasteiger partial charge in [-0.05, 0) is 52.2 Å². The third-order valence-electron chi connectivity index (χ3n) is 6.03. The first-order valence-electron chi connectivity index (χ1n) is 13.2. The summed E-state index contributed by atoms with van der Waals surface area (Å²) in [5.41, 5.74) is 0.668. The van der Waals surface area contributed by atoms with Crippen molar-refractivity contribution in [2.75, 3.05) is 6.54 Å². The van der Waals surface area contributed by atoms with E-state index in [-0.39, 0.29) is 23.8 Å². The number of ether oxygens (including phenoxy) is 1. The van der Waals surface area contributed by atoms with Gasteiger partial charge in [0.25, 0.3) is 0 Å². The molecule has 3 unspecified atom stereocenters. The van der Waals surface area contributed by atoms with Crippen LogP contribution in [-0.4, -0.2) is 52.1 Å². The van der Waals surface area contributed by atoms with E-state index >= 15 is 0 Å². The van der Waals surface area contributed by atoms with Gasteiger partial charge in [-0.25, -0.2) is 4.79 Å². The molecule has 9 heteroatoms. The van der Waals surface area contributed by atoms with Crippen LogP contribution in [0.1, 0.15) is 70.2 Å². The van der Waals surface area contributed by atoms with Gasteiger partial charge in [0, 0.05) is 18.0 Å². The fourth-order valence-electron chi connectivity index (χ4n) is 4.25. The number of phenolic OH excluding ortho intramolecular Hbond substituents is 1. The van der Waals surface area contributed by atoms with Gasteiger partial charge >= 0.3 is 6.09 Å². The molecule has 2 aromatic carbocycles. The van der Waals surface area contributed by atoms with Crippen LogP contribution < -0.4 is 10.6 Å². The molecule has 0 saturated carbocycles. The molecule has 0 aliphatic rings. The van der Waals surface area contributed by atoms with E-state index in [1.54, 1.807) is 45.9 Å². The van der Waals surface area contributed by atoms with Gasteiger partial charge in [0.15, 0.2) is 0 Å². The van der Waals surface area contributed by atoms with E-state index in [9.17, 15) is 24.8 Å². The predicted molar refractivity (Wildman–Crippen MR) is 149 cm³/mol. The molecule has 0 fully saturated rings. The zero-order valence-corrected chi connectivity index (χ0v) is 23.7. The van der Waals surface area contributed by atoms with Gasteiger partial charge < -0.3 is 25.4 Å². The molecule has 0 saturated heterocycles. The van der Waals surface area contributed by atoms with E-state index in [0.29, 0.717) is 12.0 Å². The van der Waals surface area contributed by atoms with Crippen LogP contribution in [0.4, 0.5) is 4.79 Å². The molecule has 0 aliphatic heterocycles. The van der Waals surface area contributed by atoms with Crippen molar-refractivity contribution in [3.63, 3.8) is 0 Å². The van der Waals surface area contributed by atoms with Crippen LogP contribution in [0.5, 0.6) is 5.75 Å². The Labute approximate surface area is 231 Å². The maximum absolute atomic E-state index is 14.1. The maximum atomic E-state index is 14.1. The minimum absolute atomic E-state index is 0.0984. The molecule has 2 aromatic rings. The van der Waals surface area contributed by atoms with E-state index < -0.39 is 42.1 Å². The highest BCUT2D eigenvalue weighted by atomic mass is 16.6. The molecule has 3 atom stereocenters. The molecular formula is C30H40N4O5. The third kappa shape index (κ3) is 9.32. The first-order chi connectivity index (χ1) is 18.4. The molecule has 3 amide bonds. The average molecular weight is 537 g/mol. The van der Waals surface area contributed by atoms with Crippen molar-refractivity contribution in [1.82, 2.24) is 15.5 Å². The van der Waals surface area contributed by atoms with Gasteiger partial charge in [-0.3, -0.25) is 9.59 Å². The lowest BCUT2D eigenvalue weighted by molar-refractivity contribution is -0.142. The molecule has 9 nitrogen and oxygen atoms in total. The summed E-state index contributed by atoms with van der Waals surface area (Å²) < 4.78 is 5.40. The van der Waals surface area contributed by atoms with Crippen molar-refractivity contribution in [2.24, 2.45) is 0 Å². The fourth-order valence-corrected chi connectivity index (χ4v) is 4.25. The van der Waals surface area contributed by atoms with Gasteiger partial charge in [0.1, 0.15) is 30.0 Å². The Morgan fingerprint density at radius 1 is 1.08 bits per heavy atom. The van der Waals surface area contributed by atoms with E-state index in [0.717, 1.165) is 16.9 Å². The van der Waals surface area contributed by atoms with Gasteiger partial charge in [-0.2, -0.15) is 5.26 Å². The Balaban J connectivity index is 2.57. The average Bonchev–Trinajstić information content (AvgIpc) is 2.85. The Kier molecular flexibility index (Phi) is 11.3. The Bertz CT molecular complexity index is 1170. The number of nitriles is 1. The number of aromatic hydroxyl groups is 1. The summed E-state index contributed by atoms with van der Waals surface area (Å²) in [5.74, 6) is -1.33. The first-order valence-corrected chi connectivity index (χ1v) is 13.2. The molecule has 210 valence electrons. The maximum Gasteiger partial charge on any atom is 0.408 e. The molecule has 0 heterocycles. The van der Waals surface area contributed by atoms with Crippen LogP contribution in [0, 0.1) is 18.3 Å². The molecule has 3 N–H and O–H groups in total. The number of carbonyl (C=O) groups excluding carboxylic acids is 3. The fraction of sp³-hybridized carbons (Fsp3) is 0.467. The molecule has 0 radical (unpaired) electrons. The third-order valence-corrected chi connectivity index (χ3v) is 6.03. The zero-order valence-electron chi connectivity index (χ0n) is 23.7.